The topological polar surface area (TPSA) is 87.7 Å². The summed E-state index contributed by atoms with van der Waals surface area (Å²) in [6, 6.07) is -0.928. The van der Waals surface area contributed by atoms with Crippen LogP contribution >= 0.6 is 0 Å². The number of carboxylic acids is 1. The molecule has 1 unspecified atom stereocenters. The molecule has 6 nitrogen and oxygen atoms in total. The lowest BCUT2D eigenvalue weighted by Crippen LogP contribution is -2.44. The number of hydrogen-bond acceptors (Lipinski definition) is 4. The van der Waals surface area contributed by atoms with E-state index in [2.05, 4.69) is 10.6 Å². The predicted octanol–water partition coefficient (Wildman–Crippen LogP) is 0.574. The first-order chi connectivity index (χ1) is 7.26. The average Bonchev–Trinajstić information content (AvgIpc) is 2.08. The van der Waals surface area contributed by atoms with E-state index in [1.165, 1.54) is 0 Å². The van der Waals surface area contributed by atoms with E-state index in [1.807, 2.05) is 0 Å². The fraction of sp³-hybridized carbons (Fsp3) is 0.800. The summed E-state index contributed by atoms with van der Waals surface area (Å²) in [6.07, 6.45) is -0.401. The summed E-state index contributed by atoms with van der Waals surface area (Å²) in [5.74, 6) is -1.07. The van der Waals surface area contributed by atoms with Gasteiger partial charge >= 0.3 is 12.1 Å². The minimum atomic E-state index is -1.07. The molecule has 0 aromatic heterocycles. The van der Waals surface area contributed by atoms with Gasteiger partial charge in [0, 0.05) is 0 Å². The first-order valence-electron chi connectivity index (χ1n) is 5.13. The Kier molecular flexibility index (Phi) is 5.81. The fourth-order valence-corrected chi connectivity index (χ4v) is 0.996. The normalized spacial score (nSPS) is 13.0. The van der Waals surface area contributed by atoms with Gasteiger partial charge in [0.2, 0.25) is 0 Å². The molecule has 16 heavy (non-hydrogen) atoms. The molecule has 0 saturated carbocycles. The van der Waals surface area contributed by atoms with Crippen LogP contribution in [0.1, 0.15) is 27.2 Å². The van der Waals surface area contributed by atoms with E-state index in [4.69, 9.17) is 9.84 Å². The van der Waals surface area contributed by atoms with Gasteiger partial charge < -0.3 is 20.5 Å². The van der Waals surface area contributed by atoms with Crippen LogP contribution in [0, 0.1) is 0 Å². The van der Waals surface area contributed by atoms with E-state index in [1.54, 1.807) is 27.8 Å². The van der Waals surface area contributed by atoms with Gasteiger partial charge in [-0.2, -0.15) is 0 Å². The molecule has 0 spiro atoms. The number of alkyl carbamates (subject to hydrolysis) is 1. The van der Waals surface area contributed by atoms with Crippen LogP contribution in [0.4, 0.5) is 4.79 Å². The largest absolute Gasteiger partial charge is 0.480 e. The molecule has 6 heteroatoms. The number of carbonyl (C=O) groups is 2. The zero-order valence-electron chi connectivity index (χ0n) is 10.2. The van der Waals surface area contributed by atoms with Gasteiger partial charge in [-0.1, -0.05) is 0 Å². The van der Waals surface area contributed by atoms with Gasteiger partial charge in [-0.3, -0.25) is 0 Å². The minimum Gasteiger partial charge on any atom is -0.480 e. The van der Waals surface area contributed by atoms with Crippen LogP contribution in [0.5, 0.6) is 0 Å². The molecule has 0 rings (SSSR count). The number of rotatable bonds is 5. The minimum absolute atomic E-state index is 0.311. The van der Waals surface area contributed by atoms with Crippen LogP contribution < -0.4 is 10.6 Å². The summed E-state index contributed by atoms with van der Waals surface area (Å²) in [5.41, 5.74) is -0.629. The summed E-state index contributed by atoms with van der Waals surface area (Å²) < 4.78 is 4.96. The van der Waals surface area contributed by atoms with Gasteiger partial charge in [-0.25, -0.2) is 9.59 Å². The number of ether oxygens (including phenoxy) is 1. The molecule has 94 valence electrons. The number of carboxylic acid groups (broad SMARTS) is 1. The third-order valence-corrected chi connectivity index (χ3v) is 1.67. The number of amides is 1. The summed E-state index contributed by atoms with van der Waals surface area (Å²) in [6.45, 7) is 5.66. The maximum atomic E-state index is 11.3. The lowest BCUT2D eigenvalue weighted by atomic mass is 10.2. The molecule has 0 radical (unpaired) electrons. The quantitative estimate of drug-likeness (QED) is 0.645. The Bertz CT molecular complexity index is 248. The van der Waals surface area contributed by atoms with Crippen molar-refractivity contribution in [1.29, 1.82) is 0 Å². The Morgan fingerprint density at radius 3 is 2.31 bits per heavy atom. The molecule has 0 aliphatic heterocycles. The first-order valence-corrected chi connectivity index (χ1v) is 5.13. The molecule has 0 fully saturated rings. The first kappa shape index (κ1) is 14.7. The SMILES string of the molecule is CNCCC(NC(=O)OC(C)(C)C)C(=O)O. The maximum absolute atomic E-state index is 11.3. The predicted molar refractivity (Wildman–Crippen MR) is 59.3 cm³/mol. The fourth-order valence-electron chi connectivity index (χ4n) is 0.996. The molecule has 0 aliphatic carbocycles. The Morgan fingerprint density at radius 1 is 1.38 bits per heavy atom. The number of nitrogens with one attached hydrogen (secondary N) is 2. The Balaban J connectivity index is 4.19. The molecule has 0 saturated heterocycles. The van der Waals surface area contributed by atoms with E-state index in [0.29, 0.717) is 13.0 Å². The zero-order chi connectivity index (χ0) is 12.8. The van der Waals surface area contributed by atoms with Gasteiger partial charge in [-0.05, 0) is 40.8 Å². The van der Waals surface area contributed by atoms with Gasteiger partial charge in [-0.15, -0.1) is 0 Å². The molecule has 0 aromatic rings. The van der Waals surface area contributed by atoms with Crippen LogP contribution in [0.2, 0.25) is 0 Å². The van der Waals surface area contributed by atoms with Crippen LogP contribution in [0.3, 0.4) is 0 Å². The Labute approximate surface area is 95.4 Å². The lowest BCUT2D eigenvalue weighted by Gasteiger charge is -2.21. The van der Waals surface area contributed by atoms with Crippen molar-refractivity contribution in [3.8, 4) is 0 Å². The zero-order valence-corrected chi connectivity index (χ0v) is 10.2. The Hall–Kier alpha value is -1.30. The maximum Gasteiger partial charge on any atom is 0.408 e. The highest BCUT2D eigenvalue weighted by atomic mass is 16.6. The van der Waals surface area contributed by atoms with Crippen molar-refractivity contribution in [2.24, 2.45) is 0 Å². The van der Waals surface area contributed by atoms with Gasteiger partial charge in [0.05, 0.1) is 0 Å². The second kappa shape index (κ2) is 6.32. The van der Waals surface area contributed by atoms with Gasteiger partial charge in [0.25, 0.3) is 0 Å². The number of carbonyl (C=O) groups excluding carboxylic acids is 1. The average molecular weight is 232 g/mol. The molecular formula is C10H20N2O4. The molecule has 1 amide bonds. The molecule has 0 aromatic carbocycles. The van der Waals surface area contributed by atoms with Crippen molar-refractivity contribution in [3.63, 3.8) is 0 Å². The van der Waals surface area contributed by atoms with Gasteiger partial charge in [0.1, 0.15) is 11.6 Å². The highest BCUT2D eigenvalue weighted by Crippen LogP contribution is 2.07. The number of aliphatic carboxylic acids is 1. The van der Waals surface area contributed by atoms with E-state index in [-0.39, 0.29) is 0 Å². The van der Waals surface area contributed by atoms with Crippen LogP contribution in [-0.4, -0.2) is 42.4 Å². The standard InChI is InChI=1S/C10H20N2O4/c1-10(2,3)16-9(15)12-7(8(13)14)5-6-11-4/h7,11H,5-6H2,1-4H3,(H,12,15)(H,13,14). The van der Waals surface area contributed by atoms with Crippen molar-refractivity contribution in [1.82, 2.24) is 10.6 Å². The summed E-state index contributed by atoms with van der Waals surface area (Å²) in [5, 5.41) is 14.0. The molecule has 0 aliphatic rings. The van der Waals surface area contributed by atoms with Gasteiger partial charge in [0.15, 0.2) is 0 Å². The second-order valence-corrected chi connectivity index (χ2v) is 4.43. The second-order valence-electron chi connectivity index (χ2n) is 4.43. The van der Waals surface area contributed by atoms with Crippen LogP contribution in [0.25, 0.3) is 0 Å². The molecule has 1 atom stereocenters. The van der Waals surface area contributed by atoms with E-state index in [9.17, 15) is 9.59 Å². The van der Waals surface area contributed by atoms with E-state index >= 15 is 0 Å². The molecule has 3 N–H and O–H groups in total. The van der Waals surface area contributed by atoms with Crippen molar-refractivity contribution < 1.29 is 19.4 Å². The molecule has 0 heterocycles. The van der Waals surface area contributed by atoms with Crippen LogP contribution in [0.15, 0.2) is 0 Å². The van der Waals surface area contributed by atoms with Crippen molar-refractivity contribution in [2.45, 2.75) is 38.8 Å². The van der Waals surface area contributed by atoms with Crippen molar-refractivity contribution in [2.75, 3.05) is 13.6 Å². The lowest BCUT2D eigenvalue weighted by molar-refractivity contribution is -0.139. The number of hydrogen-bond donors (Lipinski definition) is 3. The molecule has 0 bridgehead atoms. The Morgan fingerprint density at radius 2 is 1.94 bits per heavy atom. The highest BCUT2D eigenvalue weighted by molar-refractivity contribution is 5.79. The third-order valence-electron chi connectivity index (χ3n) is 1.67. The van der Waals surface area contributed by atoms with Crippen LogP contribution in [-0.2, 0) is 9.53 Å². The van der Waals surface area contributed by atoms with Crippen molar-refractivity contribution in [3.05, 3.63) is 0 Å². The summed E-state index contributed by atoms with van der Waals surface area (Å²) >= 11 is 0. The third kappa shape index (κ3) is 7.05. The summed E-state index contributed by atoms with van der Waals surface area (Å²) in [4.78, 5) is 22.1. The summed E-state index contributed by atoms with van der Waals surface area (Å²) in [7, 11) is 1.71. The van der Waals surface area contributed by atoms with Crippen molar-refractivity contribution >= 4 is 12.1 Å². The van der Waals surface area contributed by atoms with E-state index in [0.717, 1.165) is 0 Å². The monoisotopic (exact) mass is 232 g/mol. The highest BCUT2D eigenvalue weighted by Gasteiger charge is 2.23. The van der Waals surface area contributed by atoms with E-state index < -0.39 is 23.7 Å². The smallest absolute Gasteiger partial charge is 0.408 e. The molecular weight excluding hydrogens is 212 g/mol.